The van der Waals surface area contributed by atoms with E-state index in [1.54, 1.807) is 6.08 Å². The average Bonchev–Trinajstić information content (AvgIpc) is 1.17. The van der Waals surface area contributed by atoms with E-state index in [9.17, 15) is 35.1 Å². The molecular weight excluding hydrogens is 1130 g/mol. The highest BCUT2D eigenvalue weighted by atomic mass is 16.7. The zero-order valence-corrected chi connectivity index (χ0v) is 60.1. The largest absolute Gasteiger partial charge is 0.466 e. The maximum Gasteiger partial charge on any atom is 0.305 e. The summed E-state index contributed by atoms with van der Waals surface area (Å²) in [5.41, 5.74) is 0. The Kier molecular flexibility index (Phi) is 66.6. The van der Waals surface area contributed by atoms with E-state index in [1.165, 1.54) is 327 Å². The van der Waals surface area contributed by atoms with Crippen LogP contribution in [0.4, 0.5) is 0 Å². The van der Waals surface area contributed by atoms with Crippen LogP contribution in [0.25, 0.3) is 0 Å². The quantitative estimate of drug-likeness (QED) is 0.0195. The van der Waals surface area contributed by atoms with E-state index < -0.39 is 49.5 Å². The van der Waals surface area contributed by atoms with Crippen molar-refractivity contribution in [1.29, 1.82) is 0 Å². The summed E-state index contributed by atoms with van der Waals surface area (Å²) in [5.74, 6) is -0.162. The first kappa shape index (κ1) is 87.2. The van der Waals surface area contributed by atoms with Gasteiger partial charge in [0.15, 0.2) is 6.29 Å². The third kappa shape index (κ3) is 58.1. The molecule has 1 rings (SSSR count). The van der Waals surface area contributed by atoms with E-state index in [0.717, 1.165) is 57.8 Å². The second kappa shape index (κ2) is 69.5. The Balaban J connectivity index is 1.85. The van der Waals surface area contributed by atoms with Crippen LogP contribution in [0.3, 0.4) is 0 Å². The van der Waals surface area contributed by atoms with Gasteiger partial charge in [-0.25, -0.2) is 0 Å². The van der Waals surface area contributed by atoms with Crippen molar-refractivity contribution in [2.24, 2.45) is 0 Å². The fraction of sp³-hybridized carbons (Fsp3) is 0.925. The van der Waals surface area contributed by atoms with Crippen LogP contribution in [0, 0.1) is 0 Å². The summed E-state index contributed by atoms with van der Waals surface area (Å²) in [7, 11) is 0. The number of hydrogen-bond acceptors (Lipinski definition) is 10. The molecule has 1 fully saturated rings. The van der Waals surface area contributed by atoms with E-state index in [-0.39, 0.29) is 18.5 Å². The Labute approximate surface area is 562 Å². The lowest BCUT2D eigenvalue weighted by Gasteiger charge is -2.40. The number of amides is 1. The number of carbonyl (C=O) groups excluding carboxylic acids is 2. The molecule has 6 N–H and O–H groups in total. The van der Waals surface area contributed by atoms with Crippen LogP contribution in [-0.4, -0.2) is 100 Å². The molecule has 0 saturated carbocycles. The Morgan fingerprint density at radius 2 is 0.703 bits per heavy atom. The van der Waals surface area contributed by atoms with Crippen LogP contribution in [0.2, 0.25) is 0 Å². The molecule has 11 nitrogen and oxygen atoms in total. The molecule has 1 saturated heterocycles. The van der Waals surface area contributed by atoms with Crippen molar-refractivity contribution in [2.75, 3.05) is 19.8 Å². The van der Waals surface area contributed by atoms with Crippen LogP contribution >= 0.6 is 0 Å². The Bertz CT molecular complexity index is 1560. The van der Waals surface area contributed by atoms with Crippen molar-refractivity contribution in [3.05, 3.63) is 24.3 Å². The van der Waals surface area contributed by atoms with Crippen LogP contribution in [-0.2, 0) is 23.8 Å². The molecular formula is C80H153NO10. The molecule has 0 spiro atoms. The molecule has 0 aromatic rings. The van der Waals surface area contributed by atoms with Crippen LogP contribution in [0.1, 0.15) is 412 Å². The number of nitrogens with one attached hydrogen (secondary N) is 1. The second-order valence-electron chi connectivity index (χ2n) is 28.1. The number of esters is 1. The number of aliphatic hydroxyl groups excluding tert-OH is 5. The number of hydrogen-bond donors (Lipinski definition) is 6. The highest BCUT2D eigenvalue weighted by molar-refractivity contribution is 5.76. The third-order valence-corrected chi connectivity index (χ3v) is 19.3. The summed E-state index contributed by atoms with van der Waals surface area (Å²) in [6, 6.07) is -0.804. The van der Waals surface area contributed by atoms with E-state index in [4.69, 9.17) is 14.2 Å². The van der Waals surface area contributed by atoms with E-state index >= 15 is 0 Å². The van der Waals surface area contributed by atoms with Gasteiger partial charge in [0.05, 0.1) is 32.0 Å². The first-order valence-electron chi connectivity index (χ1n) is 40.1. The zero-order valence-electron chi connectivity index (χ0n) is 60.1. The number of ether oxygens (including phenoxy) is 3. The SMILES string of the molecule is CCCCCCCCC/C=C\CCCCCCCCCC(=O)OCCCCCCCCCCCCCCCCCCCCCCCCCCCCCCCCCCCCCC(=O)NC(COC1OC(CO)C(O)C(O)C1O)C(O)/C=C/CCCCCCCCCC. The Morgan fingerprint density at radius 3 is 1.05 bits per heavy atom. The summed E-state index contributed by atoms with van der Waals surface area (Å²) in [5, 5.41) is 54.4. The fourth-order valence-electron chi connectivity index (χ4n) is 13.0. The molecule has 0 bridgehead atoms. The van der Waals surface area contributed by atoms with E-state index in [2.05, 4.69) is 31.3 Å². The molecule has 91 heavy (non-hydrogen) atoms. The van der Waals surface area contributed by atoms with Crippen molar-refractivity contribution in [2.45, 2.75) is 455 Å². The molecule has 1 heterocycles. The number of carbonyl (C=O) groups is 2. The molecule has 1 amide bonds. The standard InChI is InChI=1S/C80H153NO10/c1-3-5-7-9-11-13-15-16-17-18-39-42-45-48-52-56-60-64-68-76(85)89-69-65-61-57-53-49-46-43-40-37-35-33-31-29-27-25-23-21-19-20-22-24-26-28-30-32-34-36-38-41-44-47-51-55-59-63-67-75(84)81-72(71-90-80-79(88)78(87)77(86)74(70-82)91-80)73(83)66-62-58-54-50-14-12-10-8-6-4-2/h17-18,62,66,72-74,77-80,82-83,86-88H,3-16,19-61,63-65,67-71H2,1-2H3,(H,81,84)/b18-17-,66-62+. The number of aliphatic hydroxyl groups is 5. The van der Waals surface area contributed by atoms with Gasteiger partial charge in [-0.1, -0.05) is 366 Å². The van der Waals surface area contributed by atoms with Crippen LogP contribution in [0.5, 0.6) is 0 Å². The maximum atomic E-state index is 13.0. The fourth-order valence-corrected chi connectivity index (χ4v) is 13.0. The molecule has 1 aliphatic heterocycles. The smallest absolute Gasteiger partial charge is 0.305 e. The monoisotopic (exact) mass is 1290 g/mol. The summed E-state index contributed by atoms with van der Waals surface area (Å²) in [6.07, 6.45) is 79.4. The molecule has 538 valence electrons. The van der Waals surface area contributed by atoms with Gasteiger partial charge in [0.1, 0.15) is 24.4 Å². The maximum absolute atomic E-state index is 13.0. The average molecular weight is 1290 g/mol. The minimum atomic E-state index is -1.57. The third-order valence-electron chi connectivity index (χ3n) is 19.3. The summed E-state index contributed by atoms with van der Waals surface area (Å²) in [6.45, 7) is 4.38. The number of rotatable bonds is 72. The van der Waals surface area contributed by atoms with Gasteiger partial charge in [-0.2, -0.15) is 0 Å². The van der Waals surface area contributed by atoms with Crippen molar-refractivity contribution in [3.63, 3.8) is 0 Å². The van der Waals surface area contributed by atoms with Gasteiger partial charge in [0.2, 0.25) is 5.91 Å². The van der Waals surface area contributed by atoms with Gasteiger partial charge < -0.3 is 45.1 Å². The molecule has 0 aliphatic carbocycles. The minimum absolute atomic E-state index is 0.0139. The van der Waals surface area contributed by atoms with Crippen molar-refractivity contribution < 1.29 is 49.3 Å². The molecule has 1 aliphatic rings. The minimum Gasteiger partial charge on any atom is -0.466 e. The first-order chi connectivity index (χ1) is 44.7. The van der Waals surface area contributed by atoms with Gasteiger partial charge >= 0.3 is 5.97 Å². The summed E-state index contributed by atoms with van der Waals surface area (Å²) >= 11 is 0. The molecule has 0 radical (unpaired) electrons. The predicted molar refractivity (Wildman–Crippen MR) is 384 cm³/mol. The first-order valence-corrected chi connectivity index (χ1v) is 40.1. The van der Waals surface area contributed by atoms with Gasteiger partial charge in [0, 0.05) is 12.8 Å². The van der Waals surface area contributed by atoms with E-state index in [0.29, 0.717) is 19.4 Å². The lowest BCUT2D eigenvalue weighted by molar-refractivity contribution is -0.302. The summed E-state index contributed by atoms with van der Waals surface area (Å²) < 4.78 is 16.8. The molecule has 11 heteroatoms. The van der Waals surface area contributed by atoms with Gasteiger partial charge in [-0.05, 0) is 57.8 Å². The van der Waals surface area contributed by atoms with Gasteiger partial charge in [-0.3, -0.25) is 9.59 Å². The van der Waals surface area contributed by atoms with Crippen molar-refractivity contribution >= 4 is 11.9 Å². The number of allylic oxidation sites excluding steroid dienone is 3. The van der Waals surface area contributed by atoms with Crippen molar-refractivity contribution in [3.8, 4) is 0 Å². The van der Waals surface area contributed by atoms with E-state index in [1.807, 2.05) is 6.08 Å². The molecule has 0 aromatic carbocycles. The number of unbranched alkanes of at least 4 members (excludes halogenated alkanes) is 56. The molecule has 7 atom stereocenters. The Morgan fingerprint density at radius 1 is 0.396 bits per heavy atom. The molecule has 0 aromatic heterocycles. The molecule has 7 unspecified atom stereocenters. The zero-order chi connectivity index (χ0) is 65.8. The second-order valence-corrected chi connectivity index (χ2v) is 28.1. The highest BCUT2D eigenvalue weighted by Gasteiger charge is 2.44. The summed E-state index contributed by atoms with van der Waals surface area (Å²) in [4.78, 5) is 25.2. The Hall–Kier alpha value is -1.86. The van der Waals surface area contributed by atoms with Crippen LogP contribution in [0.15, 0.2) is 24.3 Å². The van der Waals surface area contributed by atoms with Crippen molar-refractivity contribution in [1.82, 2.24) is 5.32 Å². The van der Waals surface area contributed by atoms with Gasteiger partial charge in [-0.15, -0.1) is 0 Å². The predicted octanol–water partition coefficient (Wildman–Crippen LogP) is 21.5. The van der Waals surface area contributed by atoms with Gasteiger partial charge in [0.25, 0.3) is 0 Å². The normalized spacial score (nSPS) is 17.6. The van der Waals surface area contributed by atoms with Crippen LogP contribution < -0.4 is 5.32 Å². The lowest BCUT2D eigenvalue weighted by atomic mass is 9.99. The lowest BCUT2D eigenvalue weighted by Crippen LogP contribution is -2.60. The topological polar surface area (TPSA) is 175 Å². The highest BCUT2D eigenvalue weighted by Crippen LogP contribution is 2.24.